The van der Waals surface area contributed by atoms with E-state index in [-0.39, 0.29) is 24.2 Å². The third-order valence-corrected chi connectivity index (χ3v) is 6.17. The summed E-state index contributed by atoms with van der Waals surface area (Å²) in [4.78, 5) is 26.5. The molecule has 0 radical (unpaired) electrons. The molecule has 0 aliphatic carbocycles. The molecule has 1 saturated heterocycles. The number of anilines is 1. The minimum atomic E-state index is -4.55. The van der Waals surface area contributed by atoms with Crippen LogP contribution in [0.4, 0.5) is 27.6 Å². The van der Waals surface area contributed by atoms with Crippen LogP contribution in [-0.2, 0) is 17.5 Å². The number of hydrogen-bond donors (Lipinski definition) is 2. The average Bonchev–Trinajstić information content (AvgIpc) is 2.85. The molecule has 4 rings (SSSR count). The predicted octanol–water partition coefficient (Wildman–Crippen LogP) is 4.18. The van der Waals surface area contributed by atoms with Crippen molar-refractivity contribution in [1.29, 1.82) is 0 Å². The second kappa shape index (κ2) is 10.9. The van der Waals surface area contributed by atoms with E-state index in [9.17, 15) is 32.3 Å². The number of morpholine rings is 1. The molecule has 0 unspecified atom stereocenters. The fourth-order valence-corrected chi connectivity index (χ4v) is 4.26. The molecule has 0 atom stereocenters. The van der Waals surface area contributed by atoms with Gasteiger partial charge in [-0.15, -0.1) is 0 Å². The molecule has 2 N–H and O–H groups in total. The molecule has 0 saturated carbocycles. The highest BCUT2D eigenvalue weighted by Crippen LogP contribution is 2.30. The van der Waals surface area contributed by atoms with Gasteiger partial charge in [0.15, 0.2) is 5.82 Å². The van der Waals surface area contributed by atoms with Crippen molar-refractivity contribution in [2.24, 2.45) is 0 Å². The fourth-order valence-electron chi connectivity index (χ4n) is 4.26. The number of fused-ring (bicyclic) bond motifs is 1. The van der Waals surface area contributed by atoms with Crippen LogP contribution in [0.3, 0.4) is 0 Å². The Morgan fingerprint density at radius 2 is 1.78 bits per heavy atom. The number of nitrogens with zero attached hydrogens (tertiary/aromatic N) is 2. The van der Waals surface area contributed by atoms with Gasteiger partial charge < -0.3 is 19.7 Å². The lowest BCUT2D eigenvalue weighted by Gasteiger charge is -2.26. The number of aromatic carboxylic acids is 1. The molecule has 2 aromatic carbocycles. The first-order chi connectivity index (χ1) is 17.6. The molecule has 2 heterocycles. The minimum Gasteiger partial charge on any atom is -0.477 e. The van der Waals surface area contributed by atoms with Gasteiger partial charge in [0.1, 0.15) is 17.1 Å². The van der Waals surface area contributed by atoms with Gasteiger partial charge in [-0.05, 0) is 36.7 Å². The van der Waals surface area contributed by atoms with Crippen molar-refractivity contribution in [3.63, 3.8) is 0 Å². The van der Waals surface area contributed by atoms with Crippen molar-refractivity contribution >= 4 is 22.6 Å². The second-order valence-corrected chi connectivity index (χ2v) is 8.68. The van der Waals surface area contributed by atoms with Crippen LogP contribution in [0.1, 0.15) is 27.9 Å². The molecule has 1 fully saturated rings. The van der Waals surface area contributed by atoms with Crippen LogP contribution in [-0.4, -0.2) is 59.9 Å². The number of ether oxygens (including phenoxy) is 1. The van der Waals surface area contributed by atoms with E-state index >= 15 is 4.39 Å². The van der Waals surface area contributed by atoms with Crippen molar-refractivity contribution in [3.8, 4) is 0 Å². The van der Waals surface area contributed by atoms with Crippen LogP contribution in [0.15, 0.2) is 41.3 Å². The lowest BCUT2D eigenvalue weighted by molar-refractivity contribution is -0.137. The standard InChI is InChI=1S/C25H24F5N3O4/c26-19-12-17-22(20(27)21(19)31-6-1-7-32-8-10-37-11-9-32)33(14-18(23(17)34)24(35)36)13-15-2-4-16(5-3-15)25(28,29)30/h2-5,12,14,31H,1,6-11,13H2,(H,35,36). The molecule has 0 spiro atoms. The van der Waals surface area contributed by atoms with Crippen molar-refractivity contribution in [2.45, 2.75) is 19.1 Å². The van der Waals surface area contributed by atoms with Crippen molar-refractivity contribution in [2.75, 3.05) is 44.7 Å². The summed E-state index contributed by atoms with van der Waals surface area (Å²) in [6, 6.07) is 4.80. The average molecular weight is 525 g/mol. The summed E-state index contributed by atoms with van der Waals surface area (Å²) in [5, 5.41) is 11.7. The molecule has 12 heteroatoms. The molecular formula is C25H24F5N3O4. The molecule has 1 aliphatic heterocycles. The van der Waals surface area contributed by atoms with Crippen LogP contribution in [0.25, 0.3) is 10.9 Å². The lowest BCUT2D eigenvalue weighted by atomic mass is 10.1. The number of rotatable bonds is 8. The predicted molar refractivity (Wildman–Crippen MR) is 126 cm³/mol. The fraction of sp³-hybridized carbons (Fsp3) is 0.360. The maximum atomic E-state index is 15.6. The van der Waals surface area contributed by atoms with E-state index in [4.69, 9.17) is 4.74 Å². The molecule has 198 valence electrons. The Balaban J connectivity index is 1.67. The third-order valence-electron chi connectivity index (χ3n) is 6.17. The zero-order valence-corrected chi connectivity index (χ0v) is 19.6. The molecule has 0 amide bonds. The van der Waals surface area contributed by atoms with Gasteiger partial charge in [-0.2, -0.15) is 13.2 Å². The number of carboxylic acids is 1. The highest BCUT2D eigenvalue weighted by molar-refractivity contribution is 5.93. The van der Waals surface area contributed by atoms with Crippen molar-refractivity contribution in [3.05, 3.63) is 75.1 Å². The minimum absolute atomic E-state index is 0.229. The quantitative estimate of drug-likeness (QED) is 0.339. The van der Waals surface area contributed by atoms with Crippen LogP contribution < -0.4 is 10.7 Å². The highest BCUT2D eigenvalue weighted by atomic mass is 19.4. The van der Waals surface area contributed by atoms with Crippen LogP contribution >= 0.6 is 0 Å². The molecular weight excluding hydrogens is 501 g/mol. The van der Waals surface area contributed by atoms with E-state index in [2.05, 4.69) is 10.2 Å². The molecule has 0 bridgehead atoms. The summed E-state index contributed by atoms with van der Waals surface area (Å²) < 4.78 is 75.6. The molecule has 1 aliphatic rings. The molecule has 7 nitrogen and oxygen atoms in total. The van der Waals surface area contributed by atoms with Gasteiger partial charge >= 0.3 is 12.1 Å². The summed E-state index contributed by atoms with van der Waals surface area (Å²) in [6.07, 6.45) is -3.06. The Labute approximate surface area is 208 Å². The van der Waals surface area contributed by atoms with Crippen molar-refractivity contribution in [1.82, 2.24) is 9.47 Å². The van der Waals surface area contributed by atoms with Crippen LogP contribution in [0, 0.1) is 11.6 Å². The number of nitrogens with one attached hydrogen (secondary N) is 1. The number of carbonyl (C=O) groups is 1. The van der Waals surface area contributed by atoms with Gasteiger partial charge in [0.2, 0.25) is 5.43 Å². The van der Waals surface area contributed by atoms with E-state index in [1.165, 1.54) is 12.1 Å². The van der Waals surface area contributed by atoms with Crippen molar-refractivity contribution < 1.29 is 36.6 Å². The molecule has 3 aromatic rings. The number of pyridine rings is 1. The normalized spacial score (nSPS) is 14.7. The Hall–Kier alpha value is -3.51. The Morgan fingerprint density at radius 3 is 2.41 bits per heavy atom. The summed E-state index contributed by atoms with van der Waals surface area (Å²) in [7, 11) is 0. The first-order valence-corrected chi connectivity index (χ1v) is 11.5. The van der Waals surface area contributed by atoms with E-state index in [0.29, 0.717) is 26.2 Å². The zero-order valence-electron chi connectivity index (χ0n) is 19.6. The van der Waals surface area contributed by atoms with Gasteiger partial charge in [-0.3, -0.25) is 9.69 Å². The summed E-state index contributed by atoms with van der Waals surface area (Å²) in [6.45, 7) is 3.43. The van der Waals surface area contributed by atoms with Crippen LogP contribution in [0.5, 0.6) is 0 Å². The Kier molecular flexibility index (Phi) is 7.79. The number of hydrogen-bond acceptors (Lipinski definition) is 5. The third kappa shape index (κ3) is 5.91. The van der Waals surface area contributed by atoms with E-state index < -0.39 is 51.4 Å². The van der Waals surface area contributed by atoms with Gasteiger partial charge in [-0.1, -0.05) is 12.1 Å². The number of aromatic nitrogens is 1. The summed E-state index contributed by atoms with van der Waals surface area (Å²) >= 11 is 0. The molecule has 1 aromatic heterocycles. The smallest absolute Gasteiger partial charge is 0.416 e. The largest absolute Gasteiger partial charge is 0.477 e. The van der Waals surface area contributed by atoms with Gasteiger partial charge in [-0.25, -0.2) is 13.6 Å². The zero-order chi connectivity index (χ0) is 26.7. The van der Waals surface area contributed by atoms with Gasteiger partial charge in [0, 0.05) is 32.4 Å². The topological polar surface area (TPSA) is 83.8 Å². The van der Waals surface area contributed by atoms with Crippen LogP contribution in [0.2, 0.25) is 0 Å². The first kappa shape index (κ1) is 26.6. The first-order valence-electron chi connectivity index (χ1n) is 11.5. The van der Waals surface area contributed by atoms with E-state index in [0.717, 1.165) is 42.1 Å². The number of halogens is 5. The van der Waals surface area contributed by atoms with Gasteiger partial charge in [0.25, 0.3) is 0 Å². The lowest BCUT2D eigenvalue weighted by Crippen LogP contribution is -2.37. The number of carboxylic acid groups (broad SMARTS) is 1. The number of benzene rings is 2. The van der Waals surface area contributed by atoms with E-state index in [1.807, 2.05) is 0 Å². The monoisotopic (exact) mass is 525 g/mol. The van der Waals surface area contributed by atoms with Gasteiger partial charge in [0.05, 0.1) is 29.7 Å². The Morgan fingerprint density at radius 1 is 1.11 bits per heavy atom. The maximum Gasteiger partial charge on any atom is 0.416 e. The highest BCUT2D eigenvalue weighted by Gasteiger charge is 2.30. The summed E-state index contributed by atoms with van der Waals surface area (Å²) in [5.74, 6) is -3.75. The maximum absolute atomic E-state index is 15.6. The number of alkyl halides is 3. The summed E-state index contributed by atoms with van der Waals surface area (Å²) in [5.41, 5.74) is -3.21. The Bertz CT molecular complexity index is 1350. The van der Waals surface area contributed by atoms with E-state index in [1.54, 1.807) is 0 Å². The molecule has 37 heavy (non-hydrogen) atoms. The second-order valence-electron chi connectivity index (χ2n) is 8.68. The SMILES string of the molecule is O=C(O)c1cn(Cc2ccc(C(F)(F)F)cc2)c2c(F)c(NCCCN3CCOCC3)c(F)cc2c1=O.